The summed E-state index contributed by atoms with van der Waals surface area (Å²) in [4.78, 5) is 48.9. The number of amides is 3. The van der Waals surface area contributed by atoms with Crippen molar-refractivity contribution in [1.82, 2.24) is 25.5 Å². The van der Waals surface area contributed by atoms with E-state index < -0.39 is 47.9 Å². The third-order valence-corrected chi connectivity index (χ3v) is 8.59. The Hall–Kier alpha value is -4.81. The van der Waals surface area contributed by atoms with Crippen molar-refractivity contribution >= 4 is 29.4 Å². The lowest BCUT2D eigenvalue weighted by molar-refractivity contribution is -0.124. The first kappa shape index (κ1) is 36.0. The van der Waals surface area contributed by atoms with E-state index in [0.717, 1.165) is 27.3 Å². The maximum absolute atomic E-state index is 13.3. The molecule has 11 nitrogen and oxygen atoms in total. The van der Waals surface area contributed by atoms with Crippen LogP contribution in [0.2, 0.25) is 0 Å². The van der Waals surface area contributed by atoms with E-state index in [0.29, 0.717) is 6.42 Å². The highest BCUT2D eigenvalue weighted by molar-refractivity contribution is 7.09. The van der Waals surface area contributed by atoms with Crippen LogP contribution < -0.4 is 10.6 Å². The number of aromatic nitrogens is 2. The summed E-state index contributed by atoms with van der Waals surface area (Å²) in [5.41, 5.74) is 4.38. The molecule has 0 aliphatic carbocycles. The van der Waals surface area contributed by atoms with Gasteiger partial charge >= 0.3 is 12.2 Å². The third kappa shape index (κ3) is 10.6. The number of aliphatic hydroxyl groups is 1. The highest BCUT2D eigenvalue weighted by atomic mass is 32.1. The normalized spacial score (nSPS) is 13.9. The lowest BCUT2D eigenvalue weighted by Gasteiger charge is -2.41. The molecule has 254 valence electrons. The van der Waals surface area contributed by atoms with Crippen LogP contribution in [-0.2, 0) is 29.0 Å². The molecule has 2 aromatic carbocycles. The summed E-state index contributed by atoms with van der Waals surface area (Å²) < 4.78 is 5.20. The number of nitrogens with one attached hydrogen (secondary N) is 2. The van der Waals surface area contributed by atoms with Gasteiger partial charge in [-0.05, 0) is 70.2 Å². The van der Waals surface area contributed by atoms with E-state index in [-0.39, 0.29) is 19.4 Å². The highest BCUT2D eigenvalue weighted by Crippen LogP contribution is 2.26. The summed E-state index contributed by atoms with van der Waals surface area (Å²) in [6, 6.07) is 20.5. The van der Waals surface area contributed by atoms with Crippen molar-refractivity contribution in [2.45, 2.75) is 83.3 Å². The van der Waals surface area contributed by atoms with Crippen LogP contribution in [0.3, 0.4) is 0 Å². The van der Waals surface area contributed by atoms with Crippen molar-refractivity contribution in [3.63, 3.8) is 0 Å². The largest absolute Gasteiger partial charge is 0.465 e. The van der Waals surface area contributed by atoms with Gasteiger partial charge < -0.3 is 30.5 Å². The van der Waals surface area contributed by atoms with Crippen LogP contribution >= 0.6 is 11.3 Å². The quantitative estimate of drug-likeness (QED) is 0.133. The number of carboxylic acid groups (broad SMARTS) is 1. The SMILES string of the molecule is C[C@H](NC(=O)OCc1cncs1)C(=O)N[C@@H](Cc1ccccc1)[C@@H](O)C[C@H](Cc1ccc(-c2ccccn2)cc1)N(C(=O)O)C(C)(C)C. The summed E-state index contributed by atoms with van der Waals surface area (Å²) in [5, 5.41) is 27.5. The number of pyridine rings is 1. The molecule has 0 spiro atoms. The fraction of sp³-hybridized carbons (Fsp3) is 0.361. The van der Waals surface area contributed by atoms with Gasteiger partial charge in [-0.15, -0.1) is 11.3 Å². The number of rotatable bonds is 14. The Labute approximate surface area is 285 Å². The number of aliphatic hydroxyl groups excluding tert-OH is 1. The average Bonchev–Trinajstić information content (AvgIpc) is 3.58. The van der Waals surface area contributed by atoms with E-state index in [9.17, 15) is 24.6 Å². The van der Waals surface area contributed by atoms with Crippen LogP contribution in [0.4, 0.5) is 9.59 Å². The fourth-order valence-electron chi connectivity index (χ4n) is 5.52. The number of benzene rings is 2. The monoisotopic (exact) mass is 673 g/mol. The third-order valence-electron chi connectivity index (χ3n) is 7.84. The zero-order valence-corrected chi connectivity index (χ0v) is 28.4. The highest BCUT2D eigenvalue weighted by Gasteiger charge is 2.36. The van der Waals surface area contributed by atoms with Gasteiger partial charge in [0.1, 0.15) is 12.6 Å². The summed E-state index contributed by atoms with van der Waals surface area (Å²) in [5.74, 6) is -0.516. The maximum atomic E-state index is 13.3. The molecule has 4 aromatic rings. The van der Waals surface area contributed by atoms with Gasteiger partial charge in [-0.3, -0.25) is 14.8 Å². The van der Waals surface area contributed by atoms with Gasteiger partial charge in [0.15, 0.2) is 0 Å². The second-order valence-corrected chi connectivity index (χ2v) is 13.6. The second-order valence-electron chi connectivity index (χ2n) is 12.6. The van der Waals surface area contributed by atoms with Crippen LogP contribution in [0.25, 0.3) is 11.3 Å². The van der Waals surface area contributed by atoms with Crippen molar-refractivity contribution in [2.75, 3.05) is 0 Å². The lowest BCUT2D eigenvalue weighted by Crippen LogP contribution is -2.56. The minimum Gasteiger partial charge on any atom is -0.465 e. The molecule has 12 heteroatoms. The van der Waals surface area contributed by atoms with Gasteiger partial charge in [0.05, 0.1) is 28.2 Å². The summed E-state index contributed by atoms with van der Waals surface area (Å²) in [6.45, 7) is 7.00. The topological polar surface area (TPSA) is 154 Å². The molecule has 0 aliphatic rings. The minimum absolute atomic E-state index is 0.0291. The molecule has 0 saturated carbocycles. The van der Waals surface area contributed by atoms with Crippen LogP contribution in [0.5, 0.6) is 0 Å². The van der Waals surface area contributed by atoms with E-state index in [2.05, 4.69) is 20.6 Å². The number of carbonyl (C=O) groups is 3. The Morgan fingerprint density at radius 3 is 2.23 bits per heavy atom. The Kier molecular flexibility index (Phi) is 12.6. The molecule has 3 amide bonds. The average molecular weight is 674 g/mol. The summed E-state index contributed by atoms with van der Waals surface area (Å²) in [6.07, 6.45) is 0.976. The van der Waals surface area contributed by atoms with Crippen molar-refractivity contribution in [3.05, 3.63) is 107 Å². The lowest BCUT2D eigenvalue weighted by atomic mass is 9.90. The minimum atomic E-state index is -1.14. The molecule has 0 aliphatic heterocycles. The molecule has 0 bridgehead atoms. The van der Waals surface area contributed by atoms with Gasteiger partial charge in [-0.1, -0.05) is 60.7 Å². The van der Waals surface area contributed by atoms with Gasteiger partial charge in [-0.25, -0.2) is 9.59 Å². The van der Waals surface area contributed by atoms with Crippen LogP contribution in [0, 0.1) is 0 Å². The zero-order chi connectivity index (χ0) is 34.7. The van der Waals surface area contributed by atoms with E-state index in [1.54, 1.807) is 17.9 Å². The standard InChI is InChI=1S/C36H43N5O6S/c1-24(39-34(44)47-22-29-21-37-23-48-29)33(43)40-31(19-25-10-6-5-7-11-25)32(42)20-28(41(35(45)46)36(2,3)4)18-26-13-15-27(16-14-26)30-12-8-9-17-38-30/h5-17,21,23-24,28,31-32,42H,18-20,22H2,1-4H3,(H,39,44)(H,40,43)(H,45,46)/t24-,28-,31-,32-/m0/s1. The number of nitrogens with zero attached hydrogens (tertiary/aromatic N) is 3. The number of ether oxygens (including phenoxy) is 1. The number of hydrogen-bond acceptors (Lipinski definition) is 8. The molecule has 4 N–H and O–H groups in total. The predicted molar refractivity (Wildman–Crippen MR) is 184 cm³/mol. The molecule has 0 radical (unpaired) electrons. The van der Waals surface area contributed by atoms with Gasteiger partial charge in [0.25, 0.3) is 0 Å². The molecule has 4 rings (SSSR count). The predicted octanol–water partition coefficient (Wildman–Crippen LogP) is 5.69. The van der Waals surface area contributed by atoms with Crippen LogP contribution in [-0.4, -0.2) is 72.9 Å². The molecule has 48 heavy (non-hydrogen) atoms. The van der Waals surface area contributed by atoms with Crippen molar-refractivity contribution in [1.29, 1.82) is 0 Å². The molecule has 2 heterocycles. The van der Waals surface area contributed by atoms with Gasteiger partial charge in [0, 0.05) is 29.5 Å². The van der Waals surface area contributed by atoms with E-state index in [1.165, 1.54) is 23.2 Å². The molecular formula is C36H43N5O6S. The molecule has 0 unspecified atom stereocenters. The van der Waals surface area contributed by atoms with E-state index in [4.69, 9.17) is 4.74 Å². The van der Waals surface area contributed by atoms with Gasteiger partial charge in [0.2, 0.25) is 5.91 Å². The maximum Gasteiger partial charge on any atom is 0.408 e. The van der Waals surface area contributed by atoms with Gasteiger partial charge in [-0.2, -0.15) is 0 Å². The number of thiazole rings is 1. The second kappa shape index (κ2) is 16.8. The molecule has 4 atom stereocenters. The Bertz CT molecular complexity index is 1600. The fourth-order valence-corrected chi connectivity index (χ4v) is 6.03. The smallest absolute Gasteiger partial charge is 0.408 e. The molecular weight excluding hydrogens is 630 g/mol. The van der Waals surface area contributed by atoms with Crippen LogP contribution in [0.1, 0.15) is 50.1 Å². The molecule has 0 fully saturated rings. The number of carbonyl (C=O) groups excluding carboxylic acids is 2. The number of alkyl carbamates (subject to hydrolysis) is 1. The summed E-state index contributed by atoms with van der Waals surface area (Å²) in [7, 11) is 0. The van der Waals surface area contributed by atoms with Crippen LogP contribution in [0.15, 0.2) is 90.7 Å². The van der Waals surface area contributed by atoms with E-state index >= 15 is 0 Å². The zero-order valence-electron chi connectivity index (χ0n) is 27.6. The first-order valence-corrected chi connectivity index (χ1v) is 16.6. The Morgan fingerprint density at radius 2 is 1.62 bits per heavy atom. The first-order valence-electron chi connectivity index (χ1n) is 15.8. The first-order chi connectivity index (χ1) is 22.9. The Balaban J connectivity index is 1.52. The van der Waals surface area contributed by atoms with Crippen molar-refractivity contribution < 1.29 is 29.3 Å². The van der Waals surface area contributed by atoms with Crippen molar-refractivity contribution in [3.8, 4) is 11.3 Å². The molecule has 0 saturated heterocycles. The summed E-state index contributed by atoms with van der Waals surface area (Å²) >= 11 is 1.35. The molecule has 2 aromatic heterocycles. The van der Waals surface area contributed by atoms with E-state index in [1.807, 2.05) is 93.6 Å². The number of hydrogen-bond donors (Lipinski definition) is 4. The Morgan fingerprint density at radius 1 is 0.938 bits per heavy atom. The van der Waals surface area contributed by atoms with Crippen molar-refractivity contribution in [2.24, 2.45) is 0 Å².